The summed E-state index contributed by atoms with van der Waals surface area (Å²) in [7, 11) is 0. The number of rotatable bonds is 3. The smallest absolute Gasteiger partial charge is 0.410 e. The zero-order valence-corrected chi connectivity index (χ0v) is 15.7. The topological polar surface area (TPSA) is 72.1 Å². The Balaban J connectivity index is 1.65. The van der Waals surface area contributed by atoms with Crippen molar-refractivity contribution in [1.82, 2.24) is 9.78 Å². The van der Waals surface area contributed by atoms with Crippen LogP contribution in [0.2, 0.25) is 0 Å². The average Bonchev–Trinajstić information content (AvgIpc) is 3.33. The molecule has 3 aromatic rings. The number of nitrogens with one attached hydrogen (secondary N) is 2. The number of alkyl halides is 3. The van der Waals surface area contributed by atoms with Gasteiger partial charge in [0.25, 0.3) is 5.91 Å². The Labute approximate surface area is 164 Å². The van der Waals surface area contributed by atoms with E-state index in [1.54, 1.807) is 24.3 Å². The summed E-state index contributed by atoms with van der Waals surface area (Å²) in [6.45, 7) is 3.77. The maximum absolute atomic E-state index is 13.7. The number of halogens is 3. The largest absolute Gasteiger partial charge is 0.467 e. The van der Waals surface area contributed by atoms with E-state index in [0.29, 0.717) is 11.4 Å². The minimum absolute atomic E-state index is 0.0947. The first-order valence-corrected chi connectivity index (χ1v) is 9.08. The number of nitrogens with zero attached hydrogens (tertiary/aromatic N) is 2. The second-order valence-electron chi connectivity index (χ2n) is 7.07. The quantitative estimate of drug-likeness (QED) is 0.644. The van der Waals surface area contributed by atoms with Crippen LogP contribution in [0.15, 0.2) is 47.1 Å². The van der Waals surface area contributed by atoms with Crippen molar-refractivity contribution in [2.75, 3.05) is 10.6 Å². The second-order valence-corrected chi connectivity index (χ2v) is 7.07. The minimum Gasteiger partial charge on any atom is -0.467 e. The van der Waals surface area contributed by atoms with E-state index in [4.69, 9.17) is 4.42 Å². The first kappa shape index (κ1) is 19.1. The van der Waals surface area contributed by atoms with Crippen LogP contribution >= 0.6 is 0 Å². The first-order valence-electron chi connectivity index (χ1n) is 9.08. The Morgan fingerprint density at radius 2 is 2.07 bits per heavy atom. The number of hydrogen-bond acceptors (Lipinski definition) is 4. The summed E-state index contributed by atoms with van der Waals surface area (Å²) in [5, 5.41) is 9.67. The Hall–Kier alpha value is -3.23. The number of furan rings is 1. The van der Waals surface area contributed by atoms with Crippen LogP contribution < -0.4 is 10.6 Å². The molecule has 1 aromatic carbocycles. The molecule has 1 aliphatic heterocycles. The number of benzene rings is 1. The molecule has 0 saturated heterocycles. The highest BCUT2D eigenvalue weighted by atomic mass is 19.4. The third-order valence-electron chi connectivity index (χ3n) is 5.16. The van der Waals surface area contributed by atoms with Gasteiger partial charge >= 0.3 is 6.18 Å². The highest BCUT2D eigenvalue weighted by molar-refractivity contribution is 6.03. The zero-order valence-electron chi connectivity index (χ0n) is 15.7. The molecule has 0 radical (unpaired) electrons. The van der Waals surface area contributed by atoms with Crippen molar-refractivity contribution in [2.45, 2.75) is 38.5 Å². The summed E-state index contributed by atoms with van der Waals surface area (Å²) in [6.07, 6.45) is -3.40. The molecular weight excluding hydrogens is 385 g/mol. The van der Waals surface area contributed by atoms with Gasteiger partial charge in [0.1, 0.15) is 11.6 Å². The summed E-state index contributed by atoms with van der Waals surface area (Å²) in [6, 6.07) is 7.47. The van der Waals surface area contributed by atoms with Gasteiger partial charge in [-0.05, 0) is 43.2 Å². The number of hydrogen-bond donors (Lipinski definition) is 2. The SMILES string of the molecule is Cc1cccc(NC(=O)c2cc3n(n2)[C@H](C(F)(F)F)C[C@H](c2ccco2)N3)c1C. The van der Waals surface area contributed by atoms with Crippen molar-refractivity contribution >= 4 is 17.4 Å². The Kier molecular flexibility index (Phi) is 4.60. The molecule has 4 rings (SSSR count). The molecule has 2 atom stereocenters. The third-order valence-corrected chi connectivity index (χ3v) is 5.16. The van der Waals surface area contributed by atoms with E-state index in [2.05, 4.69) is 15.7 Å². The first-order chi connectivity index (χ1) is 13.7. The van der Waals surface area contributed by atoms with E-state index < -0.39 is 24.2 Å². The molecule has 3 heterocycles. The molecule has 2 aromatic heterocycles. The number of aromatic nitrogens is 2. The van der Waals surface area contributed by atoms with Crippen LogP contribution in [0.25, 0.3) is 0 Å². The molecule has 9 heteroatoms. The van der Waals surface area contributed by atoms with E-state index in [1.165, 1.54) is 12.3 Å². The van der Waals surface area contributed by atoms with Crippen LogP contribution in [0.4, 0.5) is 24.7 Å². The summed E-state index contributed by atoms with van der Waals surface area (Å²) >= 11 is 0. The van der Waals surface area contributed by atoms with Crippen LogP contribution in [0, 0.1) is 13.8 Å². The summed E-state index contributed by atoms with van der Waals surface area (Å²) in [5.41, 5.74) is 2.37. The lowest BCUT2D eigenvalue weighted by Gasteiger charge is -2.32. The van der Waals surface area contributed by atoms with Crippen LogP contribution in [-0.4, -0.2) is 21.9 Å². The minimum atomic E-state index is -4.52. The van der Waals surface area contributed by atoms with Crippen molar-refractivity contribution in [1.29, 1.82) is 0 Å². The van der Waals surface area contributed by atoms with Gasteiger partial charge in [-0.2, -0.15) is 18.3 Å². The van der Waals surface area contributed by atoms with Gasteiger partial charge in [-0.15, -0.1) is 0 Å². The summed E-state index contributed by atoms with van der Waals surface area (Å²) < 4.78 is 47.1. The van der Waals surface area contributed by atoms with Crippen molar-refractivity contribution in [3.05, 3.63) is 65.2 Å². The third kappa shape index (κ3) is 3.59. The molecule has 0 bridgehead atoms. The van der Waals surface area contributed by atoms with Crippen LogP contribution in [0.5, 0.6) is 0 Å². The van der Waals surface area contributed by atoms with Crippen molar-refractivity contribution in [2.24, 2.45) is 0 Å². The molecule has 0 fully saturated rings. The lowest BCUT2D eigenvalue weighted by atomic mass is 10.0. The van der Waals surface area contributed by atoms with Gasteiger partial charge in [-0.3, -0.25) is 4.79 Å². The molecule has 152 valence electrons. The average molecular weight is 404 g/mol. The number of anilines is 2. The molecule has 6 nitrogen and oxygen atoms in total. The molecule has 0 spiro atoms. The number of carbonyl (C=O) groups excluding carboxylic acids is 1. The number of amides is 1. The Morgan fingerprint density at radius 1 is 1.28 bits per heavy atom. The van der Waals surface area contributed by atoms with Gasteiger partial charge < -0.3 is 15.1 Å². The maximum atomic E-state index is 13.7. The van der Waals surface area contributed by atoms with E-state index in [0.717, 1.165) is 15.8 Å². The highest BCUT2D eigenvalue weighted by Crippen LogP contribution is 2.43. The van der Waals surface area contributed by atoms with Gasteiger partial charge in [0.2, 0.25) is 0 Å². The van der Waals surface area contributed by atoms with Gasteiger partial charge in [0.05, 0.1) is 12.3 Å². The van der Waals surface area contributed by atoms with Crippen LogP contribution in [-0.2, 0) is 0 Å². The lowest BCUT2D eigenvalue weighted by Crippen LogP contribution is -2.35. The highest BCUT2D eigenvalue weighted by Gasteiger charge is 2.47. The zero-order chi connectivity index (χ0) is 20.8. The Bertz CT molecular complexity index is 1040. The fourth-order valence-electron chi connectivity index (χ4n) is 3.43. The molecule has 29 heavy (non-hydrogen) atoms. The molecular formula is C20H19F3N4O2. The molecule has 2 N–H and O–H groups in total. The maximum Gasteiger partial charge on any atom is 0.410 e. The summed E-state index contributed by atoms with van der Waals surface area (Å²) in [4.78, 5) is 12.6. The van der Waals surface area contributed by atoms with Crippen molar-refractivity contribution in [3.63, 3.8) is 0 Å². The van der Waals surface area contributed by atoms with E-state index in [9.17, 15) is 18.0 Å². The predicted octanol–water partition coefficient (Wildman–Crippen LogP) is 5.01. The van der Waals surface area contributed by atoms with Gasteiger partial charge in [-0.25, -0.2) is 4.68 Å². The van der Waals surface area contributed by atoms with E-state index in [1.807, 2.05) is 19.9 Å². The number of aryl methyl sites for hydroxylation is 1. The standard InChI is InChI=1S/C20H19F3N4O2/c1-11-5-3-6-13(12(11)2)25-19(28)15-10-18-24-14(16-7-4-8-29-16)9-17(20(21,22)23)27(18)26-15/h3-8,10,14,17,24H,9H2,1-2H3,(H,25,28)/t14-,17+/m1/s1. The van der Waals surface area contributed by atoms with Crippen molar-refractivity contribution in [3.8, 4) is 0 Å². The predicted molar refractivity (Wildman–Crippen MR) is 101 cm³/mol. The lowest BCUT2D eigenvalue weighted by molar-refractivity contribution is -0.174. The van der Waals surface area contributed by atoms with Crippen molar-refractivity contribution < 1.29 is 22.4 Å². The monoisotopic (exact) mass is 404 g/mol. The normalized spacial score (nSPS) is 18.8. The number of carbonyl (C=O) groups is 1. The van der Waals surface area contributed by atoms with Crippen LogP contribution in [0.3, 0.4) is 0 Å². The fraction of sp³-hybridized carbons (Fsp3) is 0.300. The molecule has 1 amide bonds. The molecule has 0 unspecified atom stereocenters. The van der Waals surface area contributed by atoms with Gasteiger partial charge in [0, 0.05) is 18.2 Å². The van der Waals surface area contributed by atoms with E-state index >= 15 is 0 Å². The molecule has 0 saturated carbocycles. The Morgan fingerprint density at radius 3 is 2.76 bits per heavy atom. The van der Waals surface area contributed by atoms with E-state index in [-0.39, 0.29) is 17.9 Å². The molecule has 1 aliphatic rings. The number of fused-ring (bicyclic) bond motifs is 1. The second kappa shape index (κ2) is 6.98. The van der Waals surface area contributed by atoms with Crippen LogP contribution in [0.1, 0.15) is 45.9 Å². The molecule has 0 aliphatic carbocycles. The van der Waals surface area contributed by atoms with Gasteiger partial charge in [-0.1, -0.05) is 12.1 Å². The fourth-order valence-corrected chi connectivity index (χ4v) is 3.43. The summed E-state index contributed by atoms with van der Waals surface area (Å²) in [5.74, 6) is -0.0583. The van der Waals surface area contributed by atoms with Gasteiger partial charge in [0.15, 0.2) is 11.7 Å².